The number of halogens is 1. The van der Waals surface area contributed by atoms with Crippen molar-refractivity contribution in [3.8, 4) is 0 Å². The third kappa shape index (κ3) is 2.24. The van der Waals surface area contributed by atoms with Crippen molar-refractivity contribution in [2.75, 3.05) is 7.05 Å². The van der Waals surface area contributed by atoms with E-state index in [0.717, 1.165) is 24.3 Å². The quantitative estimate of drug-likeness (QED) is 0.818. The summed E-state index contributed by atoms with van der Waals surface area (Å²) in [4.78, 5) is 12.3. The molecule has 2 rings (SSSR count). The Labute approximate surface area is 107 Å². The first-order valence-corrected chi connectivity index (χ1v) is 6.51. The Hall–Kier alpha value is -0.860. The monoisotopic (exact) mass is 251 g/mol. The first-order chi connectivity index (χ1) is 8.20. The van der Waals surface area contributed by atoms with Crippen molar-refractivity contribution in [3.63, 3.8) is 0 Å². The minimum absolute atomic E-state index is 0.0445. The van der Waals surface area contributed by atoms with Crippen LogP contribution in [0.1, 0.15) is 25.7 Å². The van der Waals surface area contributed by atoms with Crippen LogP contribution in [0.3, 0.4) is 0 Å². The van der Waals surface area contributed by atoms with Gasteiger partial charge in [0.15, 0.2) is 5.78 Å². The number of Topliss-reactive ketones (excluding diaryl/α,β-unsaturated/α-hetero) is 1. The number of hydrogen-bond acceptors (Lipinski definition) is 2. The van der Waals surface area contributed by atoms with Crippen molar-refractivity contribution >= 4 is 17.4 Å². The topological polar surface area (TPSA) is 29.1 Å². The Bertz CT molecular complexity index is 397. The van der Waals surface area contributed by atoms with E-state index < -0.39 is 5.54 Å². The average Bonchev–Trinajstić information content (AvgIpc) is 2.56. The zero-order valence-electron chi connectivity index (χ0n) is 10.1. The van der Waals surface area contributed by atoms with Gasteiger partial charge in [-0.05, 0) is 26.0 Å². The fourth-order valence-electron chi connectivity index (χ4n) is 2.78. The van der Waals surface area contributed by atoms with Crippen LogP contribution < -0.4 is 5.32 Å². The number of hydrogen-bond donors (Lipinski definition) is 1. The van der Waals surface area contributed by atoms with Gasteiger partial charge in [0.1, 0.15) is 0 Å². The van der Waals surface area contributed by atoms with E-state index in [2.05, 4.69) is 5.32 Å². The Morgan fingerprint density at radius 2 is 2.18 bits per heavy atom. The van der Waals surface area contributed by atoms with Crippen molar-refractivity contribution in [2.45, 2.75) is 31.2 Å². The Balaban J connectivity index is 2.37. The number of likely N-dealkylation sites (N-methyl/N-ethyl adjacent to an activating group) is 1. The van der Waals surface area contributed by atoms with Crippen molar-refractivity contribution < 1.29 is 4.79 Å². The fourth-order valence-corrected chi connectivity index (χ4v) is 3.11. The molecule has 0 spiro atoms. The van der Waals surface area contributed by atoms with Crippen LogP contribution in [-0.2, 0) is 4.79 Å². The lowest BCUT2D eigenvalue weighted by Gasteiger charge is -2.40. The highest BCUT2D eigenvalue weighted by Gasteiger charge is 2.45. The molecule has 2 unspecified atom stereocenters. The van der Waals surface area contributed by atoms with E-state index in [-0.39, 0.29) is 11.7 Å². The maximum absolute atomic E-state index is 12.3. The van der Waals surface area contributed by atoms with Gasteiger partial charge in [-0.3, -0.25) is 4.79 Å². The number of ketones is 1. The van der Waals surface area contributed by atoms with Crippen LogP contribution in [-0.4, -0.2) is 18.4 Å². The molecule has 0 saturated heterocycles. The summed E-state index contributed by atoms with van der Waals surface area (Å²) in [6.07, 6.45) is 13.3. The van der Waals surface area contributed by atoms with E-state index in [1.165, 1.54) is 0 Å². The van der Waals surface area contributed by atoms with Crippen molar-refractivity contribution in [2.24, 2.45) is 5.92 Å². The Morgan fingerprint density at radius 1 is 1.35 bits per heavy atom. The Morgan fingerprint density at radius 3 is 2.88 bits per heavy atom. The second kappa shape index (κ2) is 5.19. The molecule has 2 aliphatic carbocycles. The summed E-state index contributed by atoms with van der Waals surface area (Å²) in [6.45, 7) is 0. The lowest BCUT2D eigenvalue weighted by atomic mass is 9.71. The van der Waals surface area contributed by atoms with E-state index in [1.54, 1.807) is 0 Å². The van der Waals surface area contributed by atoms with Crippen LogP contribution >= 0.6 is 11.6 Å². The largest absolute Gasteiger partial charge is 0.307 e. The van der Waals surface area contributed by atoms with Gasteiger partial charge in [-0.2, -0.15) is 0 Å². The molecular weight excluding hydrogens is 234 g/mol. The lowest BCUT2D eigenvalue weighted by molar-refractivity contribution is -0.128. The molecule has 0 radical (unpaired) electrons. The molecule has 0 aliphatic heterocycles. The van der Waals surface area contributed by atoms with E-state index in [9.17, 15) is 4.79 Å². The van der Waals surface area contributed by atoms with Gasteiger partial charge in [0.25, 0.3) is 0 Å². The summed E-state index contributed by atoms with van der Waals surface area (Å²) in [5, 5.41) is 3.98. The van der Waals surface area contributed by atoms with Gasteiger partial charge in [-0.25, -0.2) is 0 Å². The van der Waals surface area contributed by atoms with Crippen LogP contribution in [0.4, 0.5) is 0 Å². The van der Waals surface area contributed by atoms with E-state index >= 15 is 0 Å². The summed E-state index contributed by atoms with van der Waals surface area (Å²) in [6, 6.07) is 0. The molecule has 17 heavy (non-hydrogen) atoms. The molecule has 2 aliphatic rings. The predicted molar refractivity (Wildman–Crippen MR) is 71.0 cm³/mol. The van der Waals surface area contributed by atoms with Crippen LogP contribution in [0.2, 0.25) is 0 Å². The fraction of sp³-hybridized carbons (Fsp3) is 0.500. The van der Waals surface area contributed by atoms with Crippen molar-refractivity contribution in [3.05, 3.63) is 35.4 Å². The third-order valence-electron chi connectivity index (χ3n) is 3.78. The van der Waals surface area contributed by atoms with Gasteiger partial charge in [0, 0.05) is 17.4 Å². The number of allylic oxidation sites excluding steroid dienone is 4. The van der Waals surface area contributed by atoms with Gasteiger partial charge in [0.2, 0.25) is 0 Å². The summed E-state index contributed by atoms with van der Waals surface area (Å²) in [5.41, 5.74) is -0.506. The maximum Gasteiger partial charge on any atom is 0.153 e. The molecule has 92 valence electrons. The highest BCUT2D eigenvalue weighted by atomic mass is 35.5. The molecule has 2 nitrogen and oxygen atoms in total. The standard InChI is InChI=1S/C14H18ClNO/c1-16-14(10-6-5-9-13(14)17)11-7-3-2-4-8-12(11)15/h2-4,7-8,11,16H,5-6,9-10H2,1H3. The predicted octanol–water partition coefficient (Wildman–Crippen LogP) is 2.95. The second-order valence-electron chi connectivity index (χ2n) is 4.65. The van der Waals surface area contributed by atoms with Gasteiger partial charge in [-0.1, -0.05) is 42.3 Å². The number of carbonyl (C=O) groups is 1. The molecule has 0 aromatic carbocycles. The summed E-state index contributed by atoms with van der Waals surface area (Å²) in [7, 11) is 1.86. The summed E-state index contributed by atoms with van der Waals surface area (Å²) < 4.78 is 0. The summed E-state index contributed by atoms with van der Waals surface area (Å²) >= 11 is 6.32. The molecule has 1 fully saturated rings. The number of nitrogens with one attached hydrogen (secondary N) is 1. The normalized spacial score (nSPS) is 33.4. The summed E-state index contributed by atoms with van der Waals surface area (Å²) in [5.74, 6) is 0.242. The smallest absolute Gasteiger partial charge is 0.153 e. The third-order valence-corrected chi connectivity index (χ3v) is 4.14. The zero-order valence-corrected chi connectivity index (χ0v) is 10.8. The molecule has 3 heteroatoms. The second-order valence-corrected chi connectivity index (χ2v) is 5.09. The van der Waals surface area contributed by atoms with Gasteiger partial charge < -0.3 is 5.32 Å². The van der Waals surface area contributed by atoms with Crippen LogP contribution in [0.25, 0.3) is 0 Å². The van der Waals surface area contributed by atoms with Gasteiger partial charge in [-0.15, -0.1) is 0 Å². The molecule has 1 N–H and O–H groups in total. The zero-order chi connectivity index (χ0) is 12.3. The molecule has 0 bridgehead atoms. The van der Waals surface area contributed by atoms with Crippen LogP contribution in [0.15, 0.2) is 35.4 Å². The first-order valence-electron chi connectivity index (χ1n) is 6.13. The lowest BCUT2D eigenvalue weighted by Crippen LogP contribution is -2.57. The molecule has 1 saturated carbocycles. The minimum Gasteiger partial charge on any atom is -0.307 e. The van der Waals surface area contributed by atoms with Crippen molar-refractivity contribution in [1.29, 1.82) is 0 Å². The molecule has 2 atom stereocenters. The number of carbonyl (C=O) groups excluding carboxylic acids is 1. The number of rotatable bonds is 2. The van der Waals surface area contributed by atoms with Gasteiger partial charge >= 0.3 is 0 Å². The highest BCUT2D eigenvalue weighted by molar-refractivity contribution is 6.30. The van der Waals surface area contributed by atoms with Gasteiger partial charge in [0.05, 0.1) is 5.54 Å². The van der Waals surface area contributed by atoms with Crippen LogP contribution in [0, 0.1) is 5.92 Å². The average molecular weight is 252 g/mol. The van der Waals surface area contributed by atoms with Crippen LogP contribution in [0.5, 0.6) is 0 Å². The molecule has 0 aromatic heterocycles. The van der Waals surface area contributed by atoms with E-state index in [0.29, 0.717) is 6.42 Å². The molecular formula is C14H18ClNO. The first kappa shape index (κ1) is 12.6. The van der Waals surface area contributed by atoms with E-state index in [1.807, 2.05) is 37.4 Å². The van der Waals surface area contributed by atoms with Crippen molar-refractivity contribution in [1.82, 2.24) is 5.32 Å². The minimum atomic E-state index is -0.506. The SMILES string of the molecule is CNC1(C2C=CC=CC=C2Cl)CCCCC1=O. The molecule has 0 amide bonds. The highest BCUT2D eigenvalue weighted by Crippen LogP contribution is 2.38. The van der Waals surface area contributed by atoms with E-state index in [4.69, 9.17) is 11.6 Å². The maximum atomic E-state index is 12.3. The molecule has 0 aromatic rings. The Kier molecular flexibility index (Phi) is 3.85. The molecule has 0 heterocycles.